The number of carbonyl (C=O) groups excluding carboxylic acids is 1. The largest absolute Gasteiger partial charge is 0.364 e. The molecule has 0 spiro atoms. The number of nitrogens with zero attached hydrogens (tertiary/aromatic N) is 2. The van der Waals surface area contributed by atoms with Crippen molar-refractivity contribution in [2.24, 2.45) is 10.8 Å². The van der Waals surface area contributed by atoms with Gasteiger partial charge in [0.1, 0.15) is 6.07 Å². The van der Waals surface area contributed by atoms with Gasteiger partial charge >= 0.3 is 0 Å². The second kappa shape index (κ2) is 5.26. The molecule has 0 bridgehead atoms. The molecule has 0 aliphatic rings. The second-order valence-corrected chi connectivity index (χ2v) is 4.47. The van der Waals surface area contributed by atoms with Crippen LogP contribution in [-0.2, 0) is 14.9 Å². The Hall–Kier alpha value is -2.44. The molecule has 94 valence electrons. The van der Waals surface area contributed by atoms with Crippen LogP contribution in [0.5, 0.6) is 0 Å². The van der Waals surface area contributed by atoms with Gasteiger partial charge in [-0.05, 0) is 24.3 Å². The molecule has 0 saturated heterocycles. The van der Waals surface area contributed by atoms with Gasteiger partial charge in [0.25, 0.3) is 16.0 Å². The molecule has 9 heteroatoms. The summed E-state index contributed by atoms with van der Waals surface area (Å²) in [4.78, 5) is 10.4. The quantitative estimate of drug-likeness (QED) is 0.388. The van der Waals surface area contributed by atoms with E-state index in [-0.39, 0.29) is 4.90 Å². The smallest absolute Gasteiger partial charge is 0.294 e. The molecular weight excluding hydrogens is 260 g/mol. The van der Waals surface area contributed by atoms with Crippen LogP contribution < -0.4 is 11.2 Å². The molecule has 1 aromatic carbocycles. The Bertz CT molecular complexity index is 628. The van der Waals surface area contributed by atoms with Crippen molar-refractivity contribution in [1.82, 2.24) is 0 Å². The van der Waals surface area contributed by atoms with Gasteiger partial charge in [-0.2, -0.15) is 18.8 Å². The summed E-state index contributed by atoms with van der Waals surface area (Å²) in [6.45, 7) is 0. The van der Waals surface area contributed by atoms with Crippen molar-refractivity contribution in [3.8, 4) is 6.07 Å². The SMILES string of the molecule is N#C/C(=N/Nc1ccc(S(=O)(=O)O)cc1)C(N)=O. The minimum atomic E-state index is -4.26. The van der Waals surface area contributed by atoms with Crippen LogP contribution in [0, 0.1) is 11.3 Å². The van der Waals surface area contributed by atoms with Gasteiger partial charge in [-0.1, -0.05) is 0 Å². The van der Waals surface area contributed by atoms with Gasteiger partial charge in [-0.3, -0.25) is 14.8 Å². The van der Waals surface area contributed by atoms with E-state index in [1.54, 1.807) is 0 Å². The van der Waals surface area contributed by atoms with Crippen LogP contribution in [0.15, 0.2) is 34.3 Å². The predicted octanol–water partition coefficient (Wildman–Crippen LogP) is -0.290. The Morgan fingerprint density at radius 3 is 2.33 bits per heavy atom. The summed E-state index contributed by atoms with van der Waals surface area (Å²) in [6.07, 6.45) is 0. The number of primary amides is 1. The molecule has 18 heavy (non-hydrogen) atoms. The maximum absolute atomic E-state index is 10.7. The summed E-state index contributed by atoms with van der Waals surface area (Å²) >= 11 is 0. The molecule has 0 atom stereocenters. The first-order valence-electron chi connectivity index (χ1n) is 4.46. The molecule has 0 heterocycles. The lowest BCUT2D eigenvalue weighted by Crippen LogP contribution is -2.22. The maximum Gasteiger partial charge on any atom is 0.294 e. The zero-order valence-corrected chi connectivity index (χ0v) is 9.68. The topological polar surface area (TPSA) is 146 Å². The van der Waals surface area contributed by atoms with Crippen LogP contribution in [0.1, 0.15) is 0 Å². The van der Waals surface area contributed by atoms with E-state index in [4.69, 9.17) is 15.5 Å². The third-order valence-corrected chi connectivity index (χ3v) is 2.66. The lowest BCUT2D eigenvalue weighted by atomic mass is 10.3. The first-order chi connectivity index (χ1) is 8.34. The third kappa shape index (κ3) is 3.55. The number of hydrogen-bond acceptors (Lipinski definition) is 6. The fraction of sp³-hybridized carbons (Fsp3) is 0. The van der Waals surface area contributed by atoms with E-state index in [0.29, 0.717) is 5.69 Å². The molecule has 1 amide bonds. The van der Waals surface area contributed by atoms with E-state index < -0.39 is 21.7 Å². The highest BCUT2D eigenvalue weighted by Gasteiger charge is 2.08. The van der Waals surface area contributed by atoms with Crippen LogP contribution in [0.3, 0.4) is 0 Å². The maximum atomic E-state index is 10.7. The van der Waals surface area contributed by atoms with Crippen molar-refractivity contribution < 1.29 is 17.8 Å². The van der Waals surface area contributed by atoms with Gasteiger partial charge < -0.3 is 5.73 Å². The van der Waals surface area contributed by atoms with Crippen LogP contribution in [0.25, 0.3) is 0 Å². The number of amides is 1. The first-order valence-corrected chi connectivity index (χ1v) is 5.90. The Morgan fingerprint density at radius 1 is 1.39 bits per heavy atom. The van der Waals surface area contributed by atoms with Crippen LogP contribution >= 0.6 is 0 Å². The van der Waals surface area contributed by atoms with Crippen LogP contribution in [0.4, 0.5) is 5.69 Å². The number of benzene rings is 1. The Kier molecular flexibility index (Phi) is 3.98. The summed E-state index contributed by atoms with van der Waals surface area (Å²) in [7, 11) is -4.26. The van der Waals surface area contributed by atoms with Gasteiger partial charge in [0.15, 0.2) is 0 Å². The van der Waals surface area contributed by atoms with Gasteiger partial charge in [-0.25, -0.2) is 0 Å². The van der Waals surface area contributed by atoms with Gasteiger partial charge in [0.2, 0.25) is 5.71 Å². The number of rotatable bonds is 4. The number of anilines is 1. The van der Waals surface area contributed by atoms with Gasteiger partial charge in [0.05, 0.1) is 10.6 Å². The average molecular weight is 268 g/mol. The number of nitrogens with two attached hydrogens (primary N) is 1. The molecular formula is C9H8N4O4S. The zero-order chi connectivity index (χ0) is 13.8. The summed E-state index contributed by atoms with van der Waals surface area (Å²) in [5.74, 6) is -0.987. The van der Waals surface area contributed by atoms with E-state index in [1.807, 2.05) is 0 Å². The van der Waals surface area contributed by atoms with Gasteiger partial charge in [0, 0.05) is 0 Å². The van der Waals surface area contributed by atoms with E-state index >= 15 is 0 Å². The predicted molar refractivity (Wildman–Crippen MR) is 62.1 cm³/mol. The Morgan fingerprint density at radius 2 is 1.94 bits per heavy atom. The van der Waals surface area contributed by atoms with Crippen molar-refractivity contribution in [1.29, 1.82) is 5.26 Å². The summed E-state index contributed by atoms with van der Waals surface area (Å²) in [5, 5.41) is 11.9. The summed E-state index contributed by atoms with van der Waals surface area (Å²) in [5.41, 5.74) is 6.99. The average Bonchev–Trinajstić information content (AvgIpc) is 2.29. The zero-order valence-electron chi connectivity index (χ0n) is 8.86. The van der Waals surface area contributed by atoms with Crippen LogP contribution in [0.2, 0.25) is 0 Å². The molecule has 0 saturated carbocycles. The number of carbonyl (C=O) groups is 1. The number of hydrogen-bond donors (Lipinski definition) is 3. The lowest BCUT2D eigenvalue weighted by molar-refractivity contribution is -0.111. The van der Waals surface area contributed by atoms with Gasteiger partial charge in [-0.15, -0.1) is 0 Å². The molecule has 0 unspecified atom stereocenters. The fourth-order valence-corrected chi connectivity index (χ4v) is 1.44. The molecule has 0 aliphatic heterocycles. The molecule has 1 rings (SSSR count). The highest BCUT2D eigenvalue weighted by molar-refractivity contribution is 7.85. The van der Waals surface area contributed by atoms with Crippen molar-refractivity contribution in [2.75, 3.05) is 5.43 Å². The minimum Gasteiger partial charge on any atom is -0.364 e. The monoisotopic (exact) mass is 268 g/mol. The number of nitrogens with one attached hydrogen (secondary N) is 1. The molecule has 4 N–H and O–H groups in total. The highest BCUT2D eigenvalue weighted by Crippen LogP contribution is 2.13. The standard InChI is InChI=1S/C9H8N4O4S/c10-5-8(9(11)14)13-12-6-1-3-7(4-2-6)18(15,16)17/h1-4,12H,(H2,11,14)(H,15,16,17)/b13-8-. The van der Waals surface area contributed by atoms with E-state index in [9.17, 15) is 13.2 Å². The molecule has 0 aliphatic carbocycles. The molecule has 8 nitrogen and oxygen atoms in total. The lowest BCUT2D eigenvalue weighted by Gasteiger charge is -2.01. The minimum absolute atomic E-state index is 0.285. The Labute approximate surface area is 102 Å². The molecule has 0 fully saturated rings. The molecule has 0 radical (unpaired) electrons. The van der Waals surface area contributed by atoms with E-state index in [2.05, 4.69) is 10.5 Å². The van der Waals surface area contributed by atoms with Crippen molar-refractivity contribution in [3.05, 3.63) is 24.3 Å². The second-order valence-electron chi connectivity index (χ2n) is 3.05. The number of hydrazone groups is 1. The van der Waals surface area contributed by atoms with E-state index in [0.717, 1.165) is 12.1 Å². The summed E-state index contributed by atoms with van der Waals surface area (Å²) in [6, 6.07) is 6.33. The Balaban J connectivity index is 2.89. The highest BCUT2D eigenvalue weighted by atomic mass is 32.2. The van der Waals surface area contributed by atoms with Crippen molar-refractivity contribution in [3.63, 3.8) is 0 Å². The summed E-state index contributed by atoms with van der Waals surface area (Å²) < 4.78 is 30.2. The van der Waals surface area contributed by atoms with Crippen molar-refractivity contribution >= 4 is 27.4 Å². The fourth-order valence-electron chi connectivity index (χ4n) is 0.957. The molecule has 0 aromatic heterocycles. The number of nitriles is 1. The molecule has 1 aromatic rings. The normalized spacial score (nSPS) is 11.7. The van der Waals surface area contributed by atoms with E-state index in [1.165, 1.54) is 18.2 Å². The van der Waals surface area contributed by atoms with Crippen LogP contribution in [-0.4, -0.2) is 24.6 Å². The first kappa shape index (κ1) is 13.6. The third-order valence-electron chi connectivity index (χ3n) is 1.79. The van der Waals surface area contributed by atoms with Crippen molar-refractivity contribution in [2.45, 2.75) is 4.90 Å².